The molecule has 0 bridgehead atoms. The fourth-order valence-corrected chi connectivity index (χ4v) is 2.57. The maximum absolute atomic E-state index is 11.9. The smallest absolute Gasteiger partial charge is 0.227 e. The van der Waals surface area contributed by atoms with Crippen LogP contribution >= 0.6 is 0 Å². The summed E-state index contributed by atoms with van der Waals surface area (Å²) in [6.45, 7) is 1.76. The van der Waals surface area contributed by atoms with Crippen molar-refractivity contribution in [3.63, 3.8) is 0 Å². The molecular formula is C13H21N3O3. The molecule has 1 amide bonds. The van der Waals surface area contributed by atoms with Crippen LogP contribution in [0.3, 0.4) is 0 Å². The van der Waals surface area contributed by atoms with E-state index in [2.05, 4.69) is 15.5 Å². The lowest BCUT2D eigenvalue weighted by Crippen LogP contribution is -2.52. The summed E-state index contributed by atoms with van der Waals surface area (Å²) >= 11 is 0. The standard InChI is InChI=1S/C13H21N3O3/c1-10-14-12(19-16-10)6-5-11(18)15-13(9-17)7-3-2-4-8-13/h17H,2-9H2,1H3,(H,15,18). The van der Waals surface area contributed by atoms with Crippen LogP contribution in [0.1, 0.15) is 50.2 Å². The molecule has 0 aromatic carbocycles. The quantitative estimate of drug-likeness (QED) is 0.834. The van der Waals surface area contributed by atoms with E-state index in [0.29, 0.717) is 24.6 Å². The van der Waals surface area contributed by atoms with Crippen molar-refractivity contribution >= 4 is 5.91 Å². The van der Waals surface area contributed by atoms with Crippen molar-refractivity contribution in [3.8, 4) is 0 Å². The monoisotopic (exact) mass is 267 g/mol. The van der Waals surface area contributed by atoms with Gasteiger partial charge >= 0.3 is 0 Å². The van der Waals surface area contributed by atoms with Crippen molar-refractivity contribution in [3.05, 3.63) is 11.7 Å². The summed E-state index contributed by atoms with van der Waals surface area (Å²) in [6.07, 6.45) is 5.76. The number of rotatable bonds is 5. The number of nitrogens with zero attached hydrogens (tertiary/aromatic N) is 2. The normalized spacial score (nSPS) is 18.2. The third kappa shape index (κ3) is 3.76. The molecule has 106 valence electrons. The minimum atomic E-state index is -0.417. The zero-order chi connectivity index (χ0) is 13.7. The highest BCUT2D eigenvalue weighted by Crippen LogP contribution is 2.27. The number of amides is 1. The number of nitrogens with one attached hydrogen (secondary N) is 1. The topological polar surface area (TPSA) is 88.2 Å². The second-order valence-corrected chi connectivity index (χ2v) is 5.28. The number of aliphatic hydroxyl groups is 1. The Hall–Kier alpha value is -1.43. The van der Waals surface area contributed by atoms with Crippen LogP contribution in [0.4, 0.5) is 0 Å². The molecule has 1 aromatic rings. The van der Waals surface area contributed by atoms with Crippen LogP contribution in [0.5, 0.6) is 0 Å². The highest BCUT2D eigenvalue weighted by Gasteiger charge is 2.32. The van der Waals surface area contributed by atoms with Gasteiger partial charge in [-0.25, -0.2) is 0 Å². The van der Waals surface area contributed by atoms with Crippen molar-refractivity contribution in [2.75, 3.05) is 6.61 Å². The molecule has 0 atom stereocenters. The third-order valence-electron chi connectivity index (χ3n) is 3.65. The zero-order valence-electron chi connectivity index (χ0n) is 11.3. The first kappa shape index (κ1) is 14.0. The van der Waals surface area contributed by atoms with Gasteiger partial charge < -0.3 is 14.9 Å². The molecule has 1 fully saturated rings. The summed E-state index contributed by atoms with van der Waals surface area (Å²) < 4.78 is 4.97. The van der Waals surface area contributed by atoms with E-state index in [1.54, 1.807) is 6.92 Å². The Labute approximate surface area is 112 Å². The van der Waals surface area contributed by atoms with Gasteiger partial charge in [0, 0.05) is 12.8 Å². The highest BCUT2D eigenvalue weighted by atomic mass is 16.5. The molecule has 1 aliphatic rings. The van der Waals surface area contributed by atoms with Gasteiger partial charge in [0.05, 0.1) is 12.1 Å². The number of hydrogen-bond acceptors (Lipinski definition) is 5. The zero-order valence-corrected chi connectivity index (χ0v) is 11.3. The fraction of sp³-hybridized carbons (Fsp3) is 0.769. The summed E-state index contributed by atoms with van der Waals surface area (Å²) in [5.41, 5.74) is -0.417. The predicted molar refractivity (Wildman–Crippen MR) is 68.4 cm³/mol. The average Bonchev–Trinajstić information content (AvgIpc) is 2.83. The van der Waals surface area contributed by atoms with Gasteiger partial charge in [-0.15, -0.1) is 0 Å². The van der Waals surface area contributed by atoms with Gasteiger partial charge in [0.15, 0.2) is 5.82 Å². The molecule has 1 heterocycles. The molecule has 0 unspecified atom stereocenters. The molecule has 2 rings (SSSR count). The number of aryl methyl sites for hydroxylation is 2. The molecule has 0 spiro atoms. The van der Waals surface area contributed by atoms with Gasteiger partial charge in [-0.2, -0.15) is 4.98 Å². The van der Waals surface area contributed by atoms with E-state index in [9.17, 15) is 9.90 Å². The van der Waals surface area contributed by atoms with Crippen molar-refractivity contribution in [2.24, 2.45) is 0 Å². The SMILES string of the molecule is Cc1noc(CCC(=O)NC2(CO)CCCCC2)n1. The van der Waals surface area contributed by atoms with Crippen molar-refractivity contribution in [1.82, 2.24) is 15.5 Å². The van der Waals surface area contributed by atoms with Gasteiger partial charge in [-0.05, 0) is 19.8 Å². The number of hydrogen-bond donors (Lipinski definition) is 2. The molecule has 1 saturated carbocycles. The molecule has 1 aliphatic carbocycles. The van der Waals surface area contributed by atoms with E-state index >= 15 is 0 Å². The minimum absolute atomic E-state index is 0.0123. The summed E-state index contributed by atoms with van der Waals surface area (Å²) in [7, 11) is 0. The van der Waals surface area contributed by atoms with Gasteiger partial charge in [-0.3, -0.25) is 4.79 Å². The van der Waals surface area contributed by atoms with Crippen LogP contribution in [0.2, 0.25) is 0 Å². The minimum Gasteiger partial charge on any atom is -0.394 e. The van der Waals surface area contributed by atoms with Crippen molar-refractivity contribution < 1.29 is 14.4 Å². The van der Waals surface area contributed by atoms with E-state index in [-0.39, 0.29) is 12.5 Å². The lowest BCUT2D eigenvalue weighted by Gasteiger charge is -2.36. The number of carbonyl (C=O) groups excluding carboxylic acids is 1. The molecule has 0 aliphatic heterocycles. The number of carbonyl (C=O) groups is 1. The van der Waals surface area contributed by atoms with Gasteiger partial charge in [0.25, 0.3) is 0 Å². The Bertz CT molecular complexity index is 425. The lowest BCUT2D eigenvalue weighted by atomic mass is 9.82. The van der Waals surface area contributed by atoms with Gasteiger partial charge in [0.1, 0.15) is 0 Å². The second kappa shape index (κ2) is 6.14. The fourth-order valence-electron chi connectivity index (χ4n) is 2.57. The van der Waals surface area contributed by atoms with E-state index in [1.807, 2.05) is 0 Å². The Morgan fingerprint density at radius 3 is 2.74 bits per heavy atom. The second-order valence-electron chi connectivity index (χ2n) is 5.28. The van der Waals surface area contributed by atoms with Gasteiger partial charge in [-0.1, -0.05) is 24.4 Å². The molecule has 6 nitrogen and oxygen atoms in total. The number of aliphatic hydroxyl groups excluding tert-OH is 1. The Morgan fingerprint density at radius 2 is 2.16 bits per heavy atom. The van der Waals surface area contributed by atoms with Crippen LogP contribution in [-0.4, -0.2) is 33.3 Å². The molecule has 0 radical (unpaired) electrons. The number of aromatic nitrogens is 2. The molecule has 1 aromatic heterocycles. The van der Waals surface area contributed by atoms with Crippen LogP contribution in [0.15, 0.2) is 4.52 Å². The van der Waals surface area contributed by atoms with E-state index in [0.717, 1.165) is 25.7 Å². The Kier molecular flexibility index (Phi) is 4.52. The molecular weight excluding hydrogens is 246 g/mol. The molecule has 6 heteroatoms. The largest absolute Gasteiger partial charge is 0.394 e. The first-order valence-electron chi connectivity index (χ1n) is 6.85. The first-order valence-corrected chi connectivity index (χ1v) is 6.85. The summed E-state index contributed by atoms with van der Waals surface area (Å²) in [6, 6.07) is 0. The third-order valence-corrected chi connectivity index (χ3v) is 3.65. The predicted octanol–water partition coefficient (Wildman–Crippen LogP) is 1.12. The van der Waals surface area contributed by atoms with Crippen LogP contribution < -0.4 is 5.32 Å². The van der Waals surface area contributed by atoms with E-state index in [4.69, 9.17) is 4.52 Å². The summed E-state index contributed by atoms with van der Waals surface area (Å²) in [5.74, 6) is 0.996. The summed E-state index contributed by atoms with van der Waals surface area (Å²) in [5, 5.41) is 16.2. The Balaban J connectivity index is 1.82. The van der Waals surface area contributed by atoms with E-state index in [1.165, 1.54) is 6.42 Å². The Morgan fingerprint density at radius 1 is 1.42 bits per heavy atom. The first-order chi connectivity index (χ1) is 9.13. The van der Waals surface area contributed by atoms with Crippen molar-refractivity contribution in [1.29, 1.82) is 0 Å². The van der Waals surface area contributed by atoms with Crippen LogP contribution in [0, 0.1) is 6.92 Å². The lowest BCUT2D eigenvalue weighted by molar-refractivity contribution is -0.124. The maximum Gasteiger partial charge on any atom is 0.227 e. The maximum atomic E-state index is 11.9. The van der Waals surface area contributed by atoms with Crippen LogP contribution in [-0.2, 0) is 11.2 Å². The molecule has 19 heavy (non-hydrogen) atoms. The summed E-state index contributed by atoms with van der Waals surface area (Å²) in [4.78, 5) is 16.0. The van der Waals surface area contributed by atoms with E-state index < -0.39 is 5.54 Å². The average molecular weight is 267 g/mol. The highest BCUT2D eigenvalue weighted by molar-refractivity contribution is 5.77. The van der Waals surface area contributed by atoms with Crippen molar-refractivity contribution in [2.45, 2.75) is 57.4 Å². The van der Waals surface area contributed by atoms with Gasteiger partial charge in [0.2, 0.25) is 11.8 Å². The molecule has 0 saturated heterocycles. The van der Waals surface area contributed by atoms with Crippen LogP contribution in [0.25, 0.3) is 0 Å². The molecule has 2 N–H and O–H groups in total.